The van der Waals surface area contributed by atoms with Gasteiger partial charge in [-0.2, -0.15) is 5.10 Å². The molecule has 0 bridgehead atoms. The molecule has 14 heavy (non-hydrogen) atoms. The third-order valence-corrected chi connectivity index (χ3v) is 2.14. The van der Waals surface area contributed by atoms with Crippen LogP contribution in [0.2, 0.25) is 0 Å². The lowest BCUT2D eigenvalue weighted by Gasteiger charge is -2.00. The van der Waals surface area contributed by atoms with Gasteiger partial charge in [0.2, 0.25) is 0 Å². The minimum atomic E-state index is 0.597. The Morgan fingerprint density at radius 3 is 3.00 bits per heavy atom. The van der Waals surface area contributed by atoms with Gasteiger partial charge in [0.05, 0.1) is 12.8 Å². The van der Waals surface area contributed by atoms with Crippen LogP contribution in [0.25, 0.3) is 11.0 Å². The number of nitrogens with zero attached hydrogens (tertiary/aromatic N) is 3. The summed E-state index contributed by atoms with van der Waals surface area (Å²) in [5.74, 6) is 0. The summed E-state index contributed by atoms with van der Waals surface area (Å²) in [6.07, 6.45) is 3.67. The third-order valence-electron chi connectivity index (χ3n) is 2.14. The maximum atomic E-state index is 5.04. The van der Waals surface area contributed by atoms with E-state index in [1.165, 1.54) is 0 Å². The van der Waals surface area contributed by atoms with E-state index in [0.717, 1.165) is 23.1 Å². The van der Waals surface area contributed by atoms with Crippen molar-refractivity contribution >= 4 is 11.0 Å². The van der Waals surface area contributed by atoms with E-state index >= 15 is 0 Å². The van der Waals surface area contributed by atoms with Gasteiger partial charge in [-0.15, -0.1) is 0 Å². The van der Waals surface area contributed by atoms with Crippen LogP contribution in [0.15, 0.2) is 18.5 Å². The number of methoxy groups -OCH3 is 1. The Morgan fingerprint density at radius 1 is 1.43 bits per heavy atom. The molecule has 0 aromatic carbocycles. The Balaban J connectivity index is 2.46. The Hall–Kier alpha value is -1.42. The lowest BCUT2D eigenvalue weighted by molar-refractivity contribution is 0.184. The number of hydrogen-bond acceptors (Lipinski definition) is 3. The molecular weight excluding hydrogens is 178 g/mol. The van der Waals surface area contributed by atoms with Crippen molar-refractivity contribution in [3.05, 3.63) is 24.0 Å². The van der Waals surface area contributed by atoms with Gasteiger partial charge in [0, 0.05) is 25.2 Å². The van der Waals surface area contributed by atoms with Crippen LogP contribution in [0, 0.1) is 0 Å². The molecule has 2 aromatic rings. The number of ether oxygens (including phenoxy) is 1. The molecule has 74 valence electrons. The van der Waals surface area contributed by atoms with Crippen molar-refractivity contribution in [3.8, 4) is 0 Å². The zero-order valence-corrected chi connectivity index (χ0v) is 8.40. The summed E-state index contributed by atoms with van der Waals surface area (Å²) in [7, 11) is 1.68. The first-order chi connectivity index (χ1) is 6.85. The molecule has 2 heterocycles. The van der Waals surface area contributed by atoms with Gasteiger partial charge < -0.3 is 4.74 Å². The number of aromatic nitrogens is 3. The van der Waals surface area contributed by atoms with Crippen LogP contribution in [0.1, 0.15) is 12.5 Å². The molecule has 0 aliphatic rings. The number of hydrogen-bond donors (Lipinski definition) is 0. The molecular formula is C10H13N3O. The van der Waals surface area contributed by atoms with Crippen molar-refractivity contribution in [1.82, 2.24) is 14.8 Å². The minimum Gasteiger partial charge on any atom is -0.380 e. The Kier molecular flexibility index (Phi) is 2.45. The van der Waals surface area contributed by atoms with E-state index < -0.39 is 0 Å². The van der Waals surface area contributed by atoms with Crippen molar-refractivity contribution in [1.29, 1.82) is 0 Å². The zero-order valence-electron chi connectivity index (χ0n) is 8.40. The summed E-state index contributed by atoms with van der Waals surface area (Å²) in [6, 6.07) is 2.06. The summed E-state index contributed by atoms with van der Waals surface area (Å²) in [5.41, 5.74) is 2.02. The molecule has 0 saturated carbocycles. The molecule has 0 aliphatic carbocycles. The lowest BCUT2D eigenvalue weighted by atomic mass is 10.2. The summed E-state index contributed by atoms with van der Waals surface area (Å²) in [6.45, 7) is 3.50. The lowest BCUT2D eigenvalue weighted by Crippen LogP contribution is -1.97. The first-order valence-corrected chi connectivity index (χ1v) is 4.64. The van der Waals surface area contributed by atoms with Gasteiger partial charge in [0.25, 0.3) is 0 Å². The van der Waals surface area contributed by atoms with Crippen LogP contribution in [0.5, 0.6) is 0 Å². The monoisotopic (exact) mass is 191 g/mol. The van der Waals surface area contributed by atoms with Crippen LogP contribution < -0.4 is 0 Å². The zero-order chi connectivity index (χ0) is 9.97. The van der Waals surface area contributed by atoms with E-state index in [1.54, 1.807) is 7.11 Å². The molecule has 4 heteroatoms. The molecule has 0 spiro atoms. The van der Waals surface area contributed by atoms with Crippen molar-refractivity contribution in [2.24, 2.45) is 0 Å². The molecule has 0 N–H and O–H groups in total. The highest BCUT2D eigenvalue weighted by Crippen LogP contribution is 2.13. The smallest absolute Gasteiger partial charge is 0.157 e. The molecule has 0 saturated heterocycles. The summed E-state index contributed by atoms with van der Waals surface area (Å²) in [5, 5.41) is 5.30. The van der Waals surface area contributed by atoms with E-state index in [4.69, 9.17) is 4.74 Å². The van der Waals surface area contributed by atoms with Crippen molar-refractivity contribution in [3.63, 3.8) is 0 Å². The molecule has 0 fully saturated rings. The molecule has 4 nitrogen and oxygen atoms in total. The average molecular weight is 191 g/mol. The second-order valence-corrected chi connectivity index (χ2v) is 3.15. The second kappa shape index (κ2) is 3.75. The molecule has 0 aliphatic heterocycles. The molecule has 0 amide bonds. The van der Waals surface area contributed by atoms with Crippen LogP contribution >= 0.6 is 0 Å². The first-order valence-electron chi connectivity index (χ1n) is 4.64. The first kappa shape index (κ1) is 9.15. The predicted octanol–water partition coefficient (Wildman–Crippen LogP) is 1.60. The highest BCUT2D eigenvalue weighted by molar-refractivity contribution is 5.74. The fourth-order valence-corrected chi connectivity index (χ4v) is 1.49. The van der Waals surface area contributed by atoms with Gasteiger partial charge in [-0.05, 0) is 18.6 Å². The van der Waals surface area contributed by atoms with Crippen molar-refractivity contribution in [2.45, 2.75) is 20.1 Å². The van der Waals surface area contributed by atoms with E-state index in [0.29, 0.717) is 6.61 Å². The van der Waals surface area contributed by atoms with Crippen LogP contribution in [-0.4, -0.2) is 21.9 Å². The molecule has 2 rings (SSSR count). The largest absolute Gasteiger partial charge is 0.380 e. The quantitative estimate of drug-likeness (QED) is 0.739. The van der Waals surface area contributed by atoms with Crippen LogP contribution in [0.3, 0.4) is 0 Å². The number of pyridine rings is 1. The van der Waals surface area contributed by atoms with E-state index in [9.17, 15) is 0 Å². The topological polar surface area (TPSA) is 39.9 Å². The highest BCUT2D eigenvalue weighted by Gasteiger charge is 2.02. The maximum absolute atomic E-state index is 5.04. The Morgan fingerprint density at radius 2 is 2.29 bits per heavy atom. The van der Waals surface area contributed by atoms with Gasteiger partial charge in [-0.3, -0.25) is 0 Å². The minimum absolute atomic E-state index is 0.597. The average Bonchev–Trinajstić information content (AvgIpc) is 2.60. The van der Waals surface area contributed by atoms with Gasteiger partial charge in [0.1, 0.15) is 0 Å². The summed E-state index contributed by atoms with van der Waals surface area (Å²) < 4.78 is 6.92. The van der Waals surface area contributed by atoms with E-state index in [-0.39, 0.29) is 0 Å². The van der Waals surface area contributed by atoms with Gasteiger partial charge in [-0.1, -0.05) is 0 Å². The van der Waals surface area contributed by atoms with Crippen molar-refractivity contribution < 1.29 is 4.74 Å². The molecule has 0 atom stereocenters. The summed E-state index contributed by atoms with van der Waals surface area (Å²) in [4.78, 5) is 4.35. The van der Waals surface area contributed by atoms with Gasteiger partial charge in [-0.25, -0.2) is 9.67 Å². The van der Waals surface area contributed by atoms with Crippen LogP contribution in [0.4, 0.5) is 0 Å². The molecule has 0 radical (unpaired) electrons. The third kappa shape index (κ3) is 1.48. The molecule has 2 aromatic heterocycles. The normalized spacial score (nSPS) is 11.0. The predicted molar refractivity (Wildman–Crippen MR) is 53.9 cm³/mol. The number of rotatable bonds is 3. The summed E-state index contributed by atoms with van der Waals surface area (Å²) >= 11 is 0. The number of fused-ring (bicyclic) bond motifs is 1. The maximum Gasteiger partial charge on any atom is 0.157 e. The van der Waals surface area contributed by atoms with Gasteiger partial charge in [0.15, 0.2) is 5.65 Å². The Bertz CT molecular complexity index is 436. The highest BCUT2D eigenvalue weighted by atomic mass is 16.5. The van der Waals surface area contributed by atoms with Crippen LogP contribution in [-0.2, 0) is 17.9 Å². The SMILES string of the molecule is CCn1ncc2cc(COC)cnc21. The molecule has 0 unspecified atom stereocenters. The standard InChI is InChI=1S/C10H13N3O/c1-3-13-10-9(6-12-13)4-8(5-11-10)7-14-2/h4-6H,3,7H2,1-2H3. The van der Waals surface area contributed by atoms with E-state index in [1.807, 2.05) is 17.1 Å². The number of aryl methyl sites for hydroxylation is 1. The van der Waals surface area contributed by atoms with E-state index in [2.05, 4.69) is 23.1 Å². The fraction of sp³-hybridized carbons (Fsp3) is 0.400. The van der Waals surface area contributed by atoms with Gasteiger partial charge >= 0.3 is 0 Å². The fourth-order valence-electron chi connectivity index (χ4n) is 1.49. The van der Waals surface area contributed by atoms with Crippen molar-refractivity contribution in [2.75, 3.05) is 7.11 Å². The second-order valence-electron chi connectivity index (χ2n) is 3.15. The Labute approximate surface area is 82.5 Å².